The molecular weight excluding hydrogens is 162 g/mol. The van der Waals surface area contributed by atoms with Crippen LogP contribution >= 0.6 is 0 Å². The van der Waals surface area contributed by atoms with Crippen LogP contribution in [0.25, 0.3) is 0 Å². The van der Waals surface area contributed by atoms with Crippen molar-refractivity contribution < 1.29 is 4.74 Å². The van der Waals surface area contributed by atoms with Crippen LogP contribution in [0.2, 0.25) is 0 Å². The van der Waals surface area contributed by atoms with Gasteiger partial charge in [0.25, 0.3) is 0 Å². The molecule has 0 aliphatic heterocycles. The largest absolute Gasteiger partial charge is 0.385 e. The zero-order chi connectivity index (χ0) is 10.1. The molecule has 0 aromatic rings. The number of hydrogen-bond donors (Lipinski definition) is 1. The predicted octanol–water partition coefficient (Wildman–Crippen LogP) is 2.44. The first-order chi connectivity index (χ1) is 6.20. The second-order valence-electron chi connectivity index (χ2n) is 3.97. The molecule has 0 spiro atoms. The summed E-state index contributed by atoms with van der Waals surface area (Å²) in [6, 6.07) is 0.608. The quantitative estimate of drug-likeness (QED) is 0.589. The second-order valence-corrected chi connectivity index (χ2v) is 3.97. The summed E-state index contributed by atoms with van der Waals surface area (Å²) in [4.78, 5) is 0. The van der Waals surface area contributed by atoms with E-state index in [0.717, 1.165) is 19.1 Å². The fourth-order valence-electron chi connectivity index (χ4n) is 1.37. The summed E-state index contributed by atoms with van der Waals surface area (Å²) in [6.07, 6.45) is 3.74. The van der Waals surface area contributed by atoms with Crippen molar-refractivity contribution in [2.24, 2.45) is 5.92 Å². The summed E-state index contributed by atoms with van der Waals surface area (Å²) in [5.74, 6) is 0.817. The van der Waals surface area contributed by atoms with E-state index in [9.17, 15) is 0 Å². The fraction of sp³-hybridized carbons (Fsp3) is 1.00. The van der Waals surface area contributed by atoms with Crippen LogP contribution in [0, 0.1) is 5.92 Å². The van der Waals surface area contributed by atoms with Gasteiger partial charge in [0.1, 0.15) is 0 Å². The minimum atomic E-state index is 0.608. The van der Waals surface area contributed by atoms with E-state index in [1.54, 1.807) is 7.11 Å². The molecule has 80 valence electrons. The first kappa shape index (κ1) is 12.9. The summed E-state index contributed by atoms with van der Waals surface area (Å²) in [5, 5.41) is 3.48. The van der Waals surface area contributed by atoms with E-state index in [-0.39, 0.29) is 0 Å². The Balaban J connectivity index is 3.39. The molecule has 0 saturated heterocycles. The lowest BCUT2D eigenvalue weighted by Gasteiger charge is -2.17. The topological polar surface area (TPSA) is 21.3 Å². The van der Waals surface area contributed by atoms with Crippen molar-refractivity contribution in [3.63, 3.8) is 0 Å². The van der Waals surface area contributed by atoms with Crippen molar-refractivity contribution in [2.45, 2.75) is 46.1 Å². The highest BCUT2D eigenvalue weighted by atomic mass is 16.5. The monoisotopic (exact) mass is 187 g/mol. The molecule has 0 aliphatic rings. The van der Waals surface area contributed by atoms with Crippen molar-refractivity contribution in [2.75, 3.05) is 20.3 Å². The lowest BCUT2D eigenvalue weighted by Crippen LogP contribution is -2.28. The normalized spacial score (nSPS) is 13.6. The van der Waals surface area contributed by atoms with E-state index in [0.29, 0.717) is 6.04 Å². The maximum atomic E-state index is 5.04. The van der Waals surface area contributed by atoms with Crippen LogP contribution in [0.3, 0.4) is 0 Å². The minimum Gasteiger partial charge on any atom is -0.385 e. The fourth-order valence-corrected chi connectivity index (χ4v) is 1.37. The maximum Gasteiger partial charge on any atom is 0.0462 e. The van der Waals surface area contributed by atoms with Gasteiger partial charge in [-0.1, -0.05) is 27.2 Å². The molecule has 0 rings (SSSR count). The lowest BCUT2D eigenvalue weighted by molar-refractivity contribution is 0.185. The van der Waals surface area contributed by atoms with Crippen molar-refractivity contribution in [1.82, 2.24) is 5.32 Å². The molecule has 0 radical (unpaired) electrons. The van der Waals surface area contributed by atoms with Gasteiger partial charge in [0.2, 0.25) is 0 Å². The van der Waals surface area contributed by atoms with E-state index in [4.69, 9.17) is 4.74 Å². The molecule has 0 aliphatic carbocycles. The average molecular weight is 187 g/mol. The van der Waals surface area contributed by atoms with Crippen LogP contribution in [-0.2, 0) is 4.74 Å². The van der Waals surface area contributed by atoms with Gasteiger partial charge in [0.05, 0.1) is 0 Å². The van der Waals surface area contributed by atoms with E-state index in [1.165, 1.54) is 19.3 Å². The van der Waals surface area contributed by atoms with Crippen molar-refractivity contribution in [3.8, 4) is 0 Å². The summed E-state index contributed by atoms with van der Waals surface area (Å²) >= 11 is 0. The Morgan fingerprint density at radius 1 is 1.31 bits per heavy atom. The van der Waals surface area contributed by atoms with E-state index in [2.05, 4.69) is 26.1 Å². The van der Waals surface area contributed by atoms with Crippen LogP contribution in [0.5, 0.6) is 0 Å². The average Bonchev–Trinajstić information content (AvgIpc) is 2.10. The Morgan fingerprint density at radius 3 is 2.46 bits per heavy atom. The summed E-state index contributed by atoms with van der Waals surface area (Å²) in [6.45, 7) is 8.71. The molecule has 0 bridgehead atoms. The third kappa shape index (κ3) is 8.26. The SMILES string of the molecule is CCC(CCCOC)CNC(C)C. The Kier molecular flexibility index (Phi) is 8.46. The maximum absolute atomic E-state index is 5.04. The van der Waals surface area contributed by atoms with Crippen molar-refractivity contribution >= 4 is 0 Å². The van der Waals surface area contributed by atoms with Crippen LogP contribution < -0.4 is 5.32 Å². The van der Waals surface area contributed by atoms with Crippen LogP contribution in [0.4, 0.5) is 0 Å². The first-order valence-corrected chi connectivity index (χ1v) is 5.43. The molecule has 0 aromatic carbocycles. The van der Waals surface area contributed by atoms with Crippen LogP contribution in [0.1, 0.15) is 40.0 Å². The van der Waals surface area contributed by atoms with E-state index in [1.807, 2.05) is 0 Å². The molecule has 2 heteroatoms. The van der Waals surface area contributed by atoms with Gasteiger partial charge in [-0.05, 0) is 25.3 Å². The molecule has 1 N–H and O–H groups in total. The van der Waals surface area contributed by atoms with Crippen LogP contribution in [0.15, 0.2) is 0 Å². The molecule has 1 unspecified atom stereocenters. The predicted molar refractivity (Wildman–Crippen MR) is 58.0 cm³/mol. The molecule has 0 aromatic heterocycles. The number of hydrogen-bond acceptors (Lipinski definition) is 2. The molecule has 2 nitrogen and oxygen atoms in total. The van der Waals surface area contributed by atoms with Gasteiger partial charge >= 0.3 is 0 Å². The van der Waals surface area contributed by atoms with E-state index < -0.39 is 0 Å². The van der Waals surface area contributed by atoms with Crippen LogP contribution in [-0.4, -0.2) is 26.3 Å². The highest BCUT2D eigenvalue weighted by Gasteiger charge is 2.05. The molecule has 0 saturated carbocycles. The van der Waals surface area contributed by atoms with Gasteiger partial charge in [-0.2, -0.15) is 0 Å². The second kappa shape index (κ2) is 8.52. The molecule has 0 heterocycles. The van der Waals surface area contributed by atoms with Gasteiger partial charge in [-0.3, -0.25) is 0 Å². The van der Waals surface area contributed by atoms with Gasteiger partial charge in [-0.15, -0.1) is 0 Å². The van der Waals surface area contributed by atoms with Crippen molar-refractivity contribution in [1.29, 1.82) is 0 Å². The minimum absolute atomic E-state index is 0.608. The highest BCUT2D eigenvalue weighted by molar-refractivity contribution is 4.62. The Hall–Kier alpha value is -0.0800. The highest BCUT2D eigenvalue weighted by Crippen LogP contribution is 2.09. The first-order valence-electron chi connectivity index (χ1n) is 5.43. The Morgan fingerprint density at radius 2 is 2.00 bits per heavy atom. The molecule has 0 fully saturated rings. The van der Waals surface area contributed by atoms with Gasteiger partial charge < -0.3 is 10.1 Å². The molecule has 1 atom stereocenters. The number of ether oxygens (including phenoxy) is 1. The van der Waals surface area contributed by atoms with Gasteiger partial charge in [-0.25, -0.2) is 0 Å². The standard InChI is InChI=1S/C11H25NO/c1-5-11(7-6-8-13-4)9-12-10(2)3/h10-12H,5-9H2,1-4H3. The molecular formula is C11H25NO. The Bertz CT molecular complexity index is 104. The molecule has 0 amide bonds. The number of nitrogens with one attached hydrogen (secondary N) is 1. The zero-order valence-electron chi connectivity index (χ0n) is 9.60. The molecule has 13 heavy (non-hydrogen) atoms. The zero-order valence-corrected chi connectivity index (χ0v) is 9.60. The number of methoxy groups -OCH3 is 1. The van der Waals surface area contributed by atoms with Gasteiger partial charge in [0.15, 0.2) is 0 Å². The lowest BCUT2D eigenvalue weighted by atomic mass is 10.0. The Labute approximate surface area is 83.1 Å². The number of rotatable bonds is 8. The van der Waals surface area contributed by atoms with Crippen molar-refractivity contribution in [3.05, 3.63) is 0 Å². The van der Waals surface area contributed by atoms with E-state index >= 15 is 0 Å². The summed E-state index contributed by atoms with van der Waals surface area (Å²) < 4.78 is 5.04. The smallest absolute Gasteiger partial charge is 0.0462 e. The third-order valence-electron chi connectivity index (χ3n) is 2.35. The van der Waals surface area contributed by atoms with Gasteiger partial charge in [0, 0.05) is 19.8 Å². The summed E-state index contributed by atoms with van der Waals surface area (Å²) in [7, 11) is 1.77. The summed E-state index contributed by atoms with van der Waals surface area (Å²) in [5.41, 5.74) is 0. The third-order valence-corrected chi connectivity index (χ3v) is 2.35.